The van der Waals surface area contributed by atoms with E-state index in [4.69, 9.17) is 9.84 Å². The van der Waals surface area contributed by atoms with Gasteiger partial charge >= 0.3 is 0 Å². The van der Waals surface area contributed by atoms with Crippen LogP contribution in [0.15, 0.2) is 30.6 Å². The Kier molecular flexibility index (Phi) is 5.12. The van der Waals surface area contributed by atoms with Crippen LogP contribution in [0.25, 0.3) is 16.9 Å². The standard InChI is InChI=1S/C18H21FN6O2/c19-15-17(22-12-4-3-6-20-10-12)23-16(24-18(15)27-9-8-26)13-11-21-25-7-2-1-5-14(13)25/h1-2,5,7,11-12,20,26H,3-4,6,8-10H2,(H,22,23,24). The van der Waals surface area contributed by atoms with Crippen LogP contribution in [-0.4, -0.2) is 57.0 Å². The van der Waals surface area contributed by atoms with Gasteiger partial charge in [-0.05, 0) is 31.5 Å². The molecule has 8 nitrogen and oxygen atoms in total. The fraction of sp³-hybridized carbons (Fsp3) is 0.389. The van der Waals surface area contributed by atoms with Gasteiger partial charge in [-0.3, -0.25) is 0 Å². The molecule has 3 N–H and O–H groups in total. The van der Waals surface area contributed by atoms with Crippen molar-refractivity contribution in [1.82, 2.24) is 24.9 Å². The van der Waals surface area contributed by atoms with Crippen molar-refractivity contribution in [1.29, 1.82) is 0 Å². The molecule has 9 heteroatoms. The number of piperidine rings is 1. The van der Waals surface area contributed by atoms with E-state index in [9.17, 15) is 4.39 Å². The van der Waals surface area contributed by atoms with Gasteiger partial charge in [-0.2, -0.15) is 14.5 Å². The number of halogens is 1. The first-order chi connectivity index (χ1) is 13.3. The van der Waals surface area contributed by atoms with E-state index in [0.29, 0.717) is 11.4 Å². The van der Waals surface area contributed by atoms with Crippen LogP contribution in [-0.2, 0) is 0 Å². The summed E-state index contributed by atoms with van der Waals surface area (Å²) in [5.41, 5.74) is 1.48. The lowest BCUT2D eigenvalue weighted by Gasteiger charge is -2.24. The molecule has 1 aliphatic rings. The second kappa shape index (κ2) is 7.85. The van der Waals surface area contributed by atoms with Crippen LogP contribution < -0.4 is 15.4 Å². The van der Waals surface area contributed by atoms with E-state index in [0.717, 1.165) is 31.4 Å². The summed E-state index contributed by atoms with van der Waals surface area (Å²) in [5.74, 6) is -0.432. The van der Waals surface area contributed by atoms with Crippen LogP contribution in [0, 0.1) is 5.82 Å². The van der Waals surface area contributed by atoms with Gasteiger partial charge in [0.1, 0.15) is 6.61 Å². The van der Waals surface area contributed by atoms with E-state index in [1.165, 1.54) is 0 Å². The normalized spacial score (nSPS) is 17.2. The third-order valence-electron chi connectivity index (χ3n) is 4.46. The number of nitrogens with one attached hydrogen (secondary N) is 2. The smallest absolute Gasteiger partial charge is 0.256 e. The van der Waals surface area contributed by atoms with Crippen LogP contribution >= 0.6 is 0 Å². The number of rotatable bonds is 6. The number of anilines is 1. The Morgan fingerprint density at radius 1 is 1.37 bits per heavy atom. The third-order valence-corrected chi connectivity index (χ3v) is 4.46. The number of nitrogens with zero attached hydrogens (tertiary/aromatic N) is 4. The van der Waals surface area contributed by atoms with E-state index in [2.05, 4.69) is 25.7 Å². The molecule has 1 saturated heterocycles. The Balaban J connectivity index is 1.74. The van der Waals surface area contributed by atoms with Gasteiger partial charge in [0, 0.05) is 18.8 Å². The Morgan fingerprint density at radius 2 is 2.30 bits per heavy atom. The molecule has 3 aromatic heterocycles. The molecule has 3 aromatic rings. The zero-order chi connectivity index (χ0) is 18.6. The zero-order valence-corrected chi connectivity index (χ0v) is 14.7. The van der Waals surface area contributed by atoms with Gasteiger partial charge in [0.2, 0.25) is 5.82 Å². The molecular formula is C18H21FN6O2. The van der Waals surface area contributed by atoms with Gasteiger partial charge in [0.25, 0.3) is 5.88 Å². The maximum atomic E-state index is 14.9. The molecule has 0 bridgehead atoms. The minimum Gasteiger partial charge on any atom is -0.473 e. The average Bonchev–Trinajstić information content (AvgIpc) is 3.13. The number of aromatic nitrogens is 4. The summed E-state index contributed by atoms with van der Waals surface area (Å²) in [6.07, 6.45) is 5.40. The minimum absolute atomic E-state index is 0.0491. The highest BCUT2D eigenvalue weighted by molar-refractivity contribution is 5.76. The van der Waals surface area contributed by atoms with Gasteiger partial charge < -0.3 is 20.5 Å². The number of fused-ring (bicyclic) bond motifs is 1. The predicted molar refractivity (Wildman–Crippen MR) is 98.3 cm³/mol. The van der Waals surface area contributed by atoms with E-state index < -0.39 is 5.82 Å². The second-order valence-electron chi connectivity index (χ2n) is 6.36. The van der Waals surface area contributed by atoms with Gasteiger partial charge in [0.05, 0.1) is 23.9 Å². The highest BCUT2D eigenvalue weighted by Gasteiger charge is 2.22. The highest BCUT2D eigenvalue weighted by Crippen LogP contribution is 2.29. The lowest BCUT2D eigenvalue weighted by atomic mass is 10.1. The summed E-state index contributed by atoms with van der Waals surface area (Å²) >= 11 is 0. The summed E-state index contributed by atoms with van der Waals surface area (Å²) in [5, 5.41) is 19.7. The Bertz CT molecular complexity index is 925. The highest BCUT2D eigenvalue weighted by atomic mass is 19.1. The van der Waals surface area contributed by atoms with Gasteiger partial charge in [0.15, 0.2) is 11.6 Å². The molecule has 0 saturated carbocycles. The van der Waals surface area contributed by atoms with E-state index >= 15 is 0 Å². The van der Waals surface area contributed by atoms with Crippen molar-refractivity contribution < 1.29 is 14.2 Å². The summed E-state index contributed by atoms with van der Waals surface area (Å²) < 4.78 is 21.9. The fourth-order valence-corrected chi connectivity index (χ4v) is 3.16. The molecule has 1 unspecified atom stereocenters. The number of ether oxygens (including phenoxy) is 1. The van der Waals surface area contributed by atoms with E-state index in [1.54, 1.807) is 10.7 Å². The molecular weight excluding hydrogens is 351 g/mol. The SMILES string of the molecule is OCCOc1nc(-c2cnn3ccccc23)nc(NC2CCCNC2)c1F. The molecule has 4 heterocycles. The molecule has 1 fully saturated rings. The van der Waals surface area contributed by atoms with Crippen molar-refractivity contribution in [3.05, 3.63) is 36.4 Å². The zero-order valence-electron chi connectivity index (χ0n) is 14.7. The Hall–Kier alpha value is -2.78. The molecule has 27 heavy (non-hydrogen) atoms. The quantitative estimate of drug-likeness (QED) is 0.603. The summed E-state index contributed by atoms with van der Waals surface area (Å²) in [6.45, 7) is 1.42. The molecule has 1 atom stereocenters. The summed E-state index contributed by atoms with van der Waals surface area (Å²) in [7, 11) is 0. The maximum Gasteiger partial charge on any atom is 0.256 e. The minimum atomic E-state index is -0.658. The number of pyridine rings is 1. The van der Waals surface area contributed by atoms with Crippen LogP contribution in [0.1, 0.15) is 12.8 Å². The van der Waals surface area contributed by atoms with Gasteiger partial charge in [-0.1, -0.05) is 6.07 Å². The van der Waals surface area contributed by atoms with Crippen molar-refractivity contribution in [3.63, 3.8) is 0 Å². The van der Waals surface area contributed by atoms with Crippen molar-refractivity contribution in [2.45, 2.75) is 18.9 Å². The van der Waals surface area contributed by atoms with Crippen molar-refractivity contribution >= 4 is 11.3 Å². The molecule has 0 radical (unpaired) electrons. The van der Waals surface area contributed by atoms with E-state index in [1.807, 2.05) is 24.4 Å². The number of hydrogen-bond acceptors (Lipinski definition) is 7. The molecule has 0 spiro atoms. The molecule has 4 rings (SSSR count). The molecule has 142 valence electrons. The monoisotopic (exact) mass is 372 g/mol. The second-order valence-corrected chi connectivity index (χ2v) is 6.36. The molecule has 0 aromatic carbocycles. The van der Waals surface area contributed by atoms with Crippen molar-refractivity contribution in [2.75, 3.05) is 31.6 Å². The lowest BCUT2D eigenvalue weighted by molar-refractivity contribution is 0.191. The molecule has 0 aliphatic carbocycles. The topological polar surface area (TPSA) is 96.6 Å². The summed E-state index contributed by atoms with van der Waals surface area (Å²) in [6, 6.07) is 5.72. The van der Waals surface area contributed by atoms with Crippen LogP contribution in [0.3, 0.4) is 0 Å². The van der Waals surface area contributed by atoms with Crippen LogP contribution in [0.4, 0.5) is 10.2 Å². The van der Waals surface area contributed by atoms with Crippen LogP contribution in [0.5, 0.6) is 5.88 Å². The van der Waals surface area contributed by atoms with Crippen molar-refractivity contribution in [3.8, 4) is 17.3 Å². The first-order valence-electron chi connectivity index (χ1n) is 8.97. The first-order valence-corrected chi connectivity index (χ1v) is 8.97. The predicted octanol–water partition coefficient (Wildman–Crippen LogP) is 1.47. The largest absolute Gasteiger partial charge is 0.473 e. The average molecular weight is 372 g/mol. The Morgan fingerprint density at radius 3 is 3.11 bits per heavy atom. The van der Waals surface area contributed by atoms with E-state index in [-0.39, 0.29) is 31.0 Å². The summed E-state index contributed by atoms with van der Waals surface area (Å²) in [4.78, 5) is 8.63. The van der Waals surface area contributed by atoms with Crippen LogP contribution in [0.2, 0.25) is 0 Å². The number of aliphatic hydroxyl groups excluding tert-OH is 1. The number of aliphatic hydroxyl groups is 1. The molecule has 1 aliphatic heterocycles. The lowest BCUT2D eigenvalue weighted by Crippen LogP contribution is -2.38. The maximum absolute atomic E-state index is 14.9. The van der Waals surface area contributed by atoms with Gasteiger partial charge in [-0.15, -0.1) is 0 Å². The fourth-order valence-electron chi connectivity index (χ4n) is 3.16. The third kappa shape index (κ3) is 3.69. The van der Waals surface area contributed by atoms with Crippen molar-refractivity contribution in [2.24, 2.45) is 0 Å². The Labute approximate surface area is 155 Å². The number of hydrogen-bond donors (Lipinski definition) is 3. The molecule has 0 amide bonds. The van der Waals surface area contributed by atoms with Gasteiger partial charge in [-0.25, -0.2) is 9.50 Å². The first kappa shape index (κ1) is 17.6.